The highest BCUT2D eigenvalue weighted by atomic mass is 19.4. The number of ether oxygens (including phenoxy) is 1. The predicted molar refractivity (Wildman–Crippen MR) is 101 cm³/mol. The number of benzene rings is 2. The highest BCUT2D eigenvalue weighted by Crippen LogP contribution is 2.31. The molecule has 164 valence electrons. The Morgan fingerprint density at radius 3 is 2.45 bits per heavy atom. The Morgan fingerprint density at radius 2 is 1.84 bits per heavy atom. The Balaban J connectivity index is 1.86. The molecule has 1 amide bonds. The monoisotopic (exact) mass is 438 g/mol. The van der Waals surface area contributed by atoms with E-state index in [-0.39, 0.29) is 23.3 Å². The molecule has 0 aliphatic rings. The molecule has 0 spiro atoms. The van der Waals surface area contributed by atoms with E-state index in [0.29, 0.717) is 13.0 Å². The number of aromatic nitrogens is 2. The third kappa shape index (κ3) is 6.01. The normalized spacial score (nSPS) is 12.5. The SMILES string of the molecule is CC(=O)NC(Cc1ccc(CN)cc1)c1nnc(-c2ccc(F)c(OC(F)(F)F)c2)o1. The molecule has 11 heteroatoms. The van der Waals surface area contributed by atoms with E-state index >= 15 is 0 Å². The number of nitrogens with two attached hydrogens (primary N) is 1. The Morgan fingerprint density at radius 1 is 1.16 bits per heavy atom. The van der Waals surface area contributed by atoms with Gasteiger partial charge in [0, 0.05) is 25.5 Å². The predicted octanol–water partition coefficient (Wildman–Crippen LogP) is 3.65. The molecule has 0 bridgehead atoms. The van der Waals surface area contributed by atoms with Crippen molar-refractivity contribution < 1.29 is 31.5 Å². The first-order valence-electron chi connectivity index (χ1n) is 9.08. The molecule has 0 radical (unpaired) electrons. The first-order valence-corrected chi connectivity index (χ1v) is 9.08. The number of carbonyl (C=O) groups is 1. The van der Waals surface area contributed by atoms with Gasteiger partial charge in [0.1, 0.15) is 6.04 Å². The second-order valence-corrected chi connectivity index (χ2v) is 6.62. The number of nitrogens with zero attached hydrogens (tertiary/aromatic N) is 2. The van der Waals surface area contributed by atoms with Gasteiger partial charge in [0.15, 0.2) is 11.6 Å². The van der Waals surface area contributed by atoms with Gasteiger partial charge in [-0.2, -0.15) is 0 Å². The fraction of sp³-hybridized carbons (Fsp3) is 0.250. The Bertz CT molecular complexity index is 1050. The van der Waals surface area contributed by atoms with Crippen molar-refractivity contribution in [1.82, 2.24) is 15.5 Å². The van der Waals surface area contributed by atoms with Gasteiger partial charge in [-0.15, -0.1) is 23.4 Å². The summed E-state index contributed by atoms with van der Waals surface area (Å²) < 4.78 is 60.2. The summed E-state index contributed by atoms with van der Waals surface area (Å²) in [4.78, 5) is 11.6. The molecule has 7 nitrogen and oxygen atoms in total. The van der Waals surface area contributed by atoms with Crippen LogP contribution in [0.5, 0.6) is 5.75 Å². The van der Waals surface area contributed by atoms with Gasteiger partial charge in [0.05, 0.1) is 0 Å². The molecule has 3 aromatic rings. The molecule has 0 aliphatic heterocycles. The quantitative estimate of drug-likeness (QED) is 0.546. The number of amides is 1. The van der Waals surface area contributed by atoms with Crippen LogP contribution >= 0.6 is 0 Å². The fourth-order valence-electron chi connectivity index (χ4n) is 2.82. The van der Waals surface area contributed by atoms with Crippen molar-refractivity contribution in [3.05, 3.63) is 65.3 Å². The minimum atomic E-state index is -5.06. The summed E-state index contributed by atoms with van der Waals surface area (Å²) in [5, 5.41) is 10.4. The second kappa shape index (κ2) is 9.13. The van der Waals surface area contributed by atoms with Gasteiger partial charge in [-0.25, -0.2) is 4.39 Å². The van der Waals surface area contributed by atoms with Gasteiger partial charge in [0.25, 0.3) is 0 Å². The summed E-state index contributed by atoms with van der Waals surface area (Å²) in [6, 6.07) is 9.47. The maximum absolute atomic E-state index is 13.6. The van der Waals surface area contributed by atoms with Crippen LogP contribution in [0.3, 0.4) is 0 Å². The number of nitrogens with one attached hydrogen (secondary N) is 1. The van der Waals surface area contributed by atoms with Crippen LogP contribution in [0, 0.1) is 5.82 Å². The van der Waals surface area contributed by atoms with Gasteiger partial charge < -0.3 is 20.2 Å². The lowest BCUT2D eigenvalue weighted by Gasteiger charge is -2.14. The fourth-order valence-corrected chi connectivity index (χ4v) is 2.82. The van der Waals surface area contributed by atoms with E-state index in [1.165, 1.54) is 13.0 Å². The molecule has 0 fully saturated rings. The molecule has 0 saturated carbocycles. The largest absolute Gasteiger partial charge is 0.573 e. The Hall–Kier alpha value is -3.47. The average Bonchev–Trinajstić information content (AvgIpc) is 3.18. The van der Waals surface area contributed by atoms with Crippen molar-refractivity contribution in [3.8, 4) is 17.2 Å². The summed E-state index contributed by atoms with van der Waals surface area (Å²) in [7, 11) is 0. The minimum Gasteiger partial charge on any atom is -0.418 e. The van der Waals surface area contributed by atoms with E-state index in [4.69, 9.17) is 10.2 Å². The zero-order valence-corrected chi connectivity index (χ0v) is 16.2. The van der Waals surface area contributed by atoms with Crippen molar-refractivity contribution in [2.45, 2.75) is 32.3 Å². The first-order chi connectivity index (χ1) is 14.6. The van der Waals surface area contributed by atoms with Crippen molar-refractivity contribution in [3.63, 3.8) is 0 Å². The van der Waals surface area contributed by atoms with Crippen LogP contribution in [-0.2, 0) is 17.8 Å². The molecule has 3 rings (SSSR count). The van der Waals surface area contributed by atoms with Crippen molar-refractivity contribution >= 4 is 5.91 Å². The molecule has 31 heavy (non-hydrogen) atoms. The van der Waals surface area contributed by atoms with Gasteiger partial charge >= 0.3 is 6.36 Å². The van der Waals surface area contributed by atoms with Gasteiger partial charge in [0.2, 0.25) is 17.7 Å². The molecular formula is C20H18F4N4O3. The molecule has 2 aromatic carbocycles. The molecule has 3 N–H and O–H groups in total. The Labute approximate surface area is 174 Å². The zero-order chi connectivity index (χ0) is 22.6. The second-order valence-electron chi connectivity index (χ2n) is 6.62. The summed E-state index contributed by atoms with van der Waals surface area (Å²) in [6.07, 6.45) is -4.74. The number of halogens is 4. The summed E-state index contributed by atoms with van der Waals surface area (Å²) in [5.41, 5.74) is 7.40. The zero-order valence-electron chi connectivity index (χ0n) is 16.2. The van der Waals surface area contributed by atoms with Gasteiger partial charge in [-0.05, 0) is 29.3 Å². The molecule has 1 heterocycles. The van der Waals surface area contributed by atoms with E-state index in [1.54, 1.807) is 0 Å². The third-order valence-electron chi connectivity index (χ3n) is 4.22. The standard InChI is InChI=1S/C20H18F4N4O3/c1-11(29)26-16(8-12-2-4-13(10-25)5-3-12)19-28-27-18(30-19)14-6-7-15(21)17(9-14)31-20(22,23)24/h2-7,9,16H,8,10,25H2,1H3,(H,26,29). The molecule has 1 aromatic heterocycles. The lowest BCUT2D eigenvalue weighted by molar-refractivity contribution is -0.275. The first kappa shape index (κ1) is 22.2. The minimum absolute atomic E-state index is 0.0215. The topological polar surface area (TPSA) is 103 Å². The molecule has 0 aliphatic carbocycles. The number of rotatable bonds is 7. The molecular weight excluding hydrogens is 420 g/mol. The van der Waals surface area contributed by atoms with Crippen molar-refractivity contribution in [2.75, 3.05) is 0 Å². The number of hydrogen-bond acceptors (Lipinski definition) is 6. The van der Waals surface area contributed by atoms with Gasteiger partial charge in [-0.3, -0.25) is 4.79 Å². The van der Waals surface area contributed by atoms with Crippen LogP contribution in [0.4, 0.5) is 17.6 Å². The summed E-state index contributed by atoms with van der Waals surface area (Å²) >= 11 is 0. The van der Waals surface area contributed by atoms with Crippen molar-refractivity contribution in [1.29, 1.82) is 0 Å². The van der Waals surface area contributed by atoms with E-state index in [9.17, 15) is 22.4 Å². The summed E-state index contributed by atoms with van der Waals surface area (Å²) in [6.45, 7) is 1.71. The number of carbonyl (C=O) groups excluding carboxylic acids is 1. The third-order valence-corrected chi connectivity index (χ3v) is 4.22. The maximum Gasteiger partial charge on any atom is 0.573 e. The van der Waals surface area contributed by atoms with E-state index in [0.717, 1.165) is 23.3 Å². The van der Waals surface area contributed by atoms with E-state index in [1.807, 2.05) is 24.3 Å². The molecule has 0 saturated heterocycles. The molecule has 1 atom stereocenters. The highest BCUT2D eigenvalue weighted by Gasteiger charge is 2.32. The number of alkyl halides is 3. The smallest absolute Gasteiger partial charge is 0.418 e. The average molecular weight is 438 g/mol. The summed E-state index contributed by atoms with van der Waals surface area (Å²) in [5.74, 6) is -2.68. The van der Waals surface area contributed by atoms with Crippen LogP contribution in [0.25, 0.3) is 11.5 Å². The van der Waals surface area contributed by atoms with Crippen LogP contribution in [0.2, 0.25) is 0 Å². The van der Waals surface area contributed by atoms with Crippen LogP contribution in [-0.4, -0.2) is 22.5 Å². The lowest BCUT2D eigenvalue weighted by atomic mass is 10.0. The maximum atomic E-state index is 13.6. The van der Waals surface area contributed by atoms with Crippen molar-refractivity contribution in [2.24, 2.45) is 5.73 Å². The van der Waals surface area contributed by atoms with Gasteiger partial charge in [-0.1, -0.05) is 24.3 Å². The number of hydrogen-bond donors (Lipinski definition) is 2. The van der Waals surface area contributed by atoms with E-state index < -0.39 is 24.0 Å². The lowest BCUT2D eigenvalue weighted by Crippen LogP contribution is -2.28. The Kier molecular flexibility index (Phi) is 6.54. The van der Waals surface area contributed by atoms with Crippen LogP contribution in [0.15, 0.2) is 46.9 Å². The molecule has 1 unspecified atom stereocenters. The van der Waals surface area contributed by atoms with Crippen LogP contribution < -0.4 is 15.8 Å². The van der Waals surface area contributed by atoms with Crippen LogP contribution in [0.1, 0.15) is 30.0 Å². The van der Waals surface area contributed by atoms with E-state index in [2.05, 4.69) is 20.3 Å². The highest BCUT2D eigenvalue weighted by molar-refractivity contribution is 5.73.